The molecule has 3 rings (SSSR count). The van der Waals surface area contributed by atoms with Gasteiger partial charge in [0.25, 0.3) is 0 Å². The maximum atomic E-state index is 12.3. The maximum Gasteiger partial charge on any atom is 0.246 e. The Morgan fingerprint density at radius 3 is 2.74 bits per heavy atom. The van der Waals surface area contributed by atoms with Crippen LogP contribution in [-0.4, -0.2) is 18.7 Å². The number of ether oxygens (including phenoxy) is 2. The first-order valence-corrected chi connectivity index (χ1v) is 8.34. The van der Waals surface area contributed by atoms with E-state index in [0.717, 1.165) is 11.3 Å². The Balaban J connectivity index is 1.65. The van der Waals surface area contributed by atoms with E-state index in [2.05, 4.69) is 39.3 Å². The lowest BCUT2D eigenvalue weighted by molar-refractivity contribution is -0.116. The quantitative estimate of drug-likeness (QED) is 0.734. The normalized spacial score (nSPS) is 13.5. The van der Waals surface area contributed by atoms with Gasteiger partial charge >= 0.3 is 0 Å². The lowest BCUT2D eigenvalue weighted by atomic mass is 10.2. The third-order valence-electron chi connectivity index (χ3n) is 3.59. The van der Waals surface area contributed by atoms with Crippen molar-refractivity contribution < 1.29 is 14.3 Å². The third kappa shape index (κ3) is 3.69. The van der Waals surface area contributed by atoms with Crippen molar-refractivity contribution >= 4 is 39.9 Å². The fraction of sp³-hybridized carbons (Fsp3) is 0.235. The molecule has 2 aromatic rings. The molecule has 1 amide bonds. The summed E-state index contributed by atoms with van der Waals surface area (Å²) in [7, 11) is 0. The number of carbonyl (C=O) groups is 1. The molecule has 23 heavy (non-hydrogen) atoms. The molecule has 120 valence electrons. The van der Waals surface area contributed by atoms with Crippen molar-refractivity contribution in [3.8, 4) is 11.5 Å². The van der Waals surface area contributed by atoms with Crippen molar-refractivity contribution in [2.45, 2.75) is 19.9 Å². The maximum absolute atomic E-state index is 12.3. The molecule has 1 aliphatic heterocycles. The van der Waals surface area contributed by atoms with Gasteiger partial charge in [-0.05, 0) is 72.3 Å². The van der Waals surface area contributed by atoms with Crippen molar-refractivity contribution in [3.05, 3.63) is 45.5 Å². The number of halogens is 1. The van der Waals surface area contributed by atoms with Crippen LogP contribution in [0.15, 0.2) is 36.4 Å². The molecule has 0 bridgehead atoms. The summed E-state index contributed by atoms with van der Waals surface area (Å²) in [4.78, 5) is 12.3. The molecule has 0 aliphatic carbocycles. The molecule has 1 aliphatic rings. The number of nitrogens with one attached hydrogen (secondary N) is 2. The second-order valence-electron chi connectivity index (χ2n) is 5.38. The highest BCUT2D eigenvalue weighted by Crippen LogP contribution is 2.34. The van der Waals surface area contributed by atoms with Crippen molar-refractivity contribution in [1.82, 2.24) is 0 Å². The summed E-state index contributed by atoms with van der Waals surface area (Å²) in [6.45, 7) is 4.07. The number of anilines is 2. The second-order valence-corrected chi connectivity index (χ2v) is 6.63. The zero-order valence-electron chi connectivity index (χ0n) is 12.9. The van der Waals surface area contributed by atoms with Gasteiger partial charge in [-0.3, -0.25) is 4.79 Å². The number of fused-ring (bicyclic) bond motifs is 1. The lowest BCUT2D eigenvalue weighted by Crippen LogP contribution is -2.32. The topological polar surface area (TPSA) is 59.6 Å². The van der Waals surface area contributed by atoms with Gasteiger partial charge in [0.15, 0.2) is 11.5 Å². The van der Waals surface area contributed by atoms with Gasteiger partial charge in [-0.1, -0.05) is 0 Å². The molecule has 5 nitrogen and oxygen atoms in total. The van der Waals surface area contributed by atoms with E-state index in [-0.39, 0.29) is 18.7 Å². The van der Waals surface area contributed by atoms with Crippen molar-refractivity contribution in [2.24, 2.45) is 0 Å². The van der Waals surface area contributed by atoms with E-state index >= 15 is 0 Å². The fourth-order valence-electron chi connectivity index (χ4n) is 2.31. The summed E-state index contributed by atoms with van der Waals surface area (Å²) in [6.07, 6.45) is 0. The molecular weight excluding hydrogens is 407 g/mol. The molecule has 2 N–H and O–H groups in total. The van der Waals surface area contributed by atoms with Gasteiger partial charge in [0.2, 0.25) is 12.7 Å². The predicted molar refractivity (Wildman–Crippen MR) is 98.2 cm³/mol. The number of amides is 1. The minimum Gasteiger partial charge on any atom is -0.454 e. The van der Waals surface area contributed by atoms with Crippen LogP contribution in [0.5, 0.6) is 11.5 Å². The Hall–Kier alpha value is -1.96. The molecule has 0 fully saturated rings. The average Bonchev–Trinajstić information content (AvgIpc) is 2.97. The first kappa shape index (κ1) is 15.9. The molecule has 2 aromatic carbocycles. The number of rotatable bonds is 4. The molecule has 0 spiro atoms. The van der Waals surface area contributed by atoms with E-state index in [1.54, 1.807) is 18.2 Å². The summed E-state index contributed by atoms with van der Waals surface area (Å²) in [5.41, 5.74) is 2.76. The van der Waals surface area contributed by atoms with Crippen LogP contribution < -0.4 is 20.1 Å². The Kier molecular flexibility index (Phi) is 4.61. The van der Waals surface area contributed by atoms with E-state index in [4.69, 9.17) is 9.47 Å². The van der Waals surface area contributed by atoms with Crippen molar-refractivity contribution in [3.63, 3.8) is 0 Å². The van der Waals surface area contributed by atoms with Gasteiger partial charge < -0.3 is 20.1 Å². The standard InChI is InChI=1S/C17H17IN2O3/c1-10-7-12(18)3-5-14(10)19-11(2)17(21)20-13-4-6-15-16(8-13)23-9-22-15/h3-8,11,19H,9H2,1-2H3,(H,20,21)/t11-/m1/s1. The number of hydrogen-bond acceptors (Lipinski definition) is 4. The Labute approximate surface area is 148 Å². The second kappa shape index (κ2) is 6.66. The van der Waals surface area contributed by atoms with Crippen LogP contribution in [0.2, 0.25) is 0 Å². The highest BCUT2D eigenvalue weighted by atomic mass is 127. The Morgan fingerprint density at radius 1 is 1.17 bits per heavy atom. The largest absolute Gasteiger partial charge is 0.454 e. The van der Waals surface area contributed by atoms with Gasteiger partial charge in [-0.25, -0.2) is 0 Å². The molecular formula is C17H17IN2O3. The van der Waals surface area contributed by atoms with Crippen LogP contribution in [0, 0.1) is 10.5 Å². The molecule has 1 heterocycles. The van der Waals surface area contributed by atoms with Crippen LogP contribution in [-0.2, 0) is 4.79 Å². The van der Waals surface area contributed by atoms with Crippen molar-refractivity contribution in [1.29, 1.82) is 0 Å². The minimum absolute atomic E-state index is 0.109. The number of aryl methyl sites for hydroxylation is 1. The minimum atomic E-state index is -0.362. The van der Waals surface area contributed by atoms with Crippen LogP contribution in [0.3, 0.4) is 0 Å². The smallest absolute Gasteiger partial charge is 0.246 e. The highest BCUT2D eigenvalue weighted by molar-refractivity contribution is 14.1. The molecule has 0 radical (unpaired) electrons. The monoisotopic (exact) mass is 424 g/mol. The van der Waals surface area contributed by atoms with Gasteiger partial charge in [0, 0.05) is 21.0 Å². The number of benzene rings is 2. The SMILES string of the molecule is Cc1cc(I)ccc1N[C@H](C)C(=O)Nc1ccc2c(c1)OCO2. The molecule has 0 unspecified atom stereocenters. The molecule has 1 atom stereocenters. The molecule has 0 saturated heterocycles. The first-order chi connectivity index (χ1) is 11.0. The van der Waals surface area contributed by atoms with Crippen LogP contribution >= 0.6 is 22.6 Å². The van der Waals surface area contributed by atoms with E-state index in [0.29, 0.717) is 17.2 Å². The third-order valence-corrected chi connectivity index (χ3v) is 4.26. The zero-order valence-corrected chi connectivity index (χ0v) is 15.0. The Bertz CT molecular complexity index is 749. The molecule has 0 aromatic heterocycles. The summed E-state index contributed by atoms with van der Waals surface area (Å²) < 4.78 is 11.7. The van der Waals surface area contributed by atoms with Crippen molar-refractivity contribution in [2.75, 3.05) is 17.4 Å². The van der Waals surface area contributed by atoms with E-state index in [9.17, 15) is 4.79 Å². The van der Waals surface area contributed by atoms with E-state index in [1.807, 2.05) is 26.0 Å². The van der Waals surface area contributed by atoms with Gasteiger partial charge in [-0.2, -0.15) is 0 Å². The zero-order chi connectivity index (χ0) is 16.4. The fourth-order valence-corrected chi connectivity index (χ4v) is 2.96. The van der Waals surface area contributed by atoms with Gasteiger partial charge in [0.1, 0.15) is 6.04 Å². The highest BCUT2D eigenvalue weighted by Gasteiger charge is 2.17. The average molecular weight is 424 g/mol. The van der Waals surface area contributed by atoms with Crippen LogP contribution in [0.1, 0.15) is 12.5 Å². The first-order valence-electron chi connectivity index (χ1n) is 7.26. The number of hydrogen-bond donors (Lipinski definition) is 2. The molecule has 0 saturated carbocycles. The Morgan fingerprint density at radius 2 is 1.96 bits per heavy atom. The van der Waals surface area contributed by atoms with E-state index in [1.165, 1.54) is 3.57 Å². The van der Waals surface area contributed by atoms with E-state index < -0.39 is 0 Å². The number of carbonyl (C=O) groups excluding carboxylic acids is 1. The van der Waals surface area contributed by atoms with Crippen LogP contribution in [0.4, 0.5) is 11.4 Å². The summed E-state index contributed by atoms with van der Waals surface area (Å²) >= 11 is 2.27. The van der Waals surface area contributed by atoms with Gasteiger partial charge in [0.05, 0.1) is 0 Å². The predicted octanol–water partition coefficient (Wildman–Crippen LogP) is 3.77. The summed E-state index contributed by atoms with van der Waals surface area (Å²) in [6, 6.07) is 11.1. The lowest BCUT2D eigenvalue weighted by Gasteiger charge is -2.17. The van der Waals surface area contributed by atoms with Crippen LogP contribution in [0.25, 0.3) is 0 Å². The van der Waals surface area contributed by atoms with Gasteiger partial charge in [-0.15, -0.1) is 0 Å². The summed E-state index contributed by atoms with van der Waals surface area (Å²) in [5.74, 6) is 1.24. The summed E-state index contributed by atoms with van der Waals surface area (Å²) in [5, 5.41) is 6.12. The molecule has 6 heteroatoms.